The van der Waals surface area contributed by atoms with Crippen LogP contribution in [0.5, 0.6) is 0 Å². The predicted molar refractivity (Wildman–Crippen MR) is 117 cm³/mol. The first-order valence-electron chi connectivity index (χ1n) is 10.6. The van der Waals surface area contributed by atoms with Gasteiger partial charge in [-0.05, 0) is 56.5 Å². The van der Waals surface area contributed by atoms with E-state index in [1.807, 2.05) is 17.7 Å². The van der Waals surface area contributed by atoms with Crippen molar-refractivity contribution in [3.8, 4) is 0 Å². The molecule has 0 bridgehead atoms. The lowest BCUT2D eigenvalue weighted by Gasteiger charge is -2.34. The summed E-state index contributed by atoms with van der Waals surface area (Å²) in [7, 11) is -3.51. The van der Waals surface area contributed by atoms with E-state index in [0.29, 0.717) is 12.2 Å². The number of hydrogen-bond acceptors (Lipinski definition) is 5. The van der Waals surface area contributed by atoms with E-state index in [-0.39, 0.29) is 23.4 Å². The molecule has 0 spiro atoms. The van der Waals surface area contributed by atoms with E-state index in [2.05, 4.69) is 15.6 Å². The van der Waals surface area contributed by atoms with E-state index in [0.717, 1.165) is 45.2 Å². The molecule has 1 unspecified atom stereocenters. The van der Waals surface area contributed by atoms with Crippen molar-refractivity contribution in [3.05, 3.63) is 43.0 Å². The number of nitrogens with one attached hydrogen (secondary N) is 2. The Kier molecular flexibility index (Phi) is 8.01. The molecule has 2 heterocycles. The number of hydrogen-bond donors (Lipinski definition) is 2. The summed E-state index contributed by atoms with van der Waals surface area (Å²) in [5.41, 5.74) is 0.588. The standard InChI is InChI=1S/C21H31N5O3S/c1-2-19-6-3-4-14-26(19)30(28,29)20-9-7-18(8-10-20)24-21(27)16-22-11-5-13-25-15-12-23-17-25/h7-10,12,15,17,19,22H,2-6,11,13-14,16H2,1H3,(H,24,27). The molecule has 9 heteroatoms. The molecule has 0 aliphatic carbocycles. The summed E-state index contributed by atoms with van der Waals surface area (Å²) in [6, 6.07) is 6.52. The normalized spacial score (nSPS) is 17.7. The first-order valence-corrected chi connectivity index (χ1v) is 12.0. The molecule has 1 aliphatic rings. The van der Waals surface area contributed by atoms with Gasteiger partial charge in [0.15, 0.2) is 0 Å². The average molecular weight is 434 g/mol. The van der Waals surface area contributed by atoms with Gasteiger partial charge in [0, 0.05) is 37.2 Å². The zero-order chi connectivity index (χ0) is 21.4. The fourth-order valence-electron chi connectivity index (χ4n) is 3.76. The van der Waals surface area contributed by atoms with Gasteiger partial charge in [0.2, 0.25) is 15.9 Å². The van der Waals surface area contributed by atoms with Gasteiger partial charge >= 0.3 is 0 Å². The Morgan fingerprint density at radius 3 is 2.73 bits per heavy atom. The second-order valence-electron chi connectivity index (χ2n) is 7.58. The molecule has 1 aliphatic heterocycles. The van der Waals surface area contributed by atoms with Gasteiger partial charge in [0.05, 0.1) is 17.8 Å². The van der Waals surface area contributed by atoms with Crippen molar-refractivity contribution in [1.82, 2.24) is 19.2 Å². The second kappa shape index (κ2) is 10.7. The SMILES string of the molecule is CCC1CCCCN1S(=O)(=O)c1ccc(NC(=O)CNCCCn2ccnc2)cc1. The molecule has 30 heavy (non-hydrogen) atoms. The number of piperidine rings is 1. The van der Waals surface area contributed by atoms with Gasteiger partial charge in [-0.15, -0.1) is 0 Å². The number of benzene rings is 1. The Balaban J connectivity index is 1.47. The number of carbonyl (C=O) groups excluding carboxylic acids is 1. The average Bonchev–Trinajstić information content (AvgIpc) is 3.27. The van der Waals surface area contributed by atoms with Crippen LogP contribution in [0.1, 0.15) is 39.0 Å². The highest BCUT2D eigenvalue weighted by atomic mass is 32.2. The molecule has 1 atom stereocenters. The summed E-state index contributed by atoms with van der Waals surface area (Å²) < 4.78 is 29.6. The van der Waals surface area contributed by atoms with E-state index in [1.165, 1.54) is 0 Å². The molecule has 3 rings (SSSR count). The quantitative estimate of drug-likeness (QED) is 0.561. The smallest absolute Gasteiger partial charge is 0.243 e. The highest BCUT2D eigenvalue weighted by Gasteiger charge is 2.32. The maximum Gasteiger partial charge on any atom is 0.243 e. The van der Waals surface area contributed by atoms with Gasteiger partial charge in [-0.1, -0.05) is 13.3 Å². The van der Waals surface area contributed by atoms with Gasteiger partial charge in [-0.2, -0.15) is 4.31 Å². The third kappa shape index (κ3) is 5.90. The van der Waals surface area contributed by atoms with E-state index in [1.54, 1.807) is 41.1 Å². The van der Waals surface area contributed by atoms with Crippen molar-refractivity contribution >= 4 is 21.6 Å². The van der Waals surface area contributed by atoms with Crippen molar-refractivity contribution in [2.45, 2.75) is 56.5 Å². The number of amides is 1. The predicted octanol–water partition coefficient (Wildman–Crippen LogP) is 2.45. The van der Waals surface area contributed by atoms with Gasteiger partial charge in [-0.25, -0.2) is 13.4 Å². The van der Waals surface area contributed by atoms with Crippen LogP contribution in [0.15, 0.2) is 47.9 Å². The lowest BCUT2D eigenvalue weighted by molar-refractivity contribution is -0.115. The first-order chi connectivity index (χ1) is 14.5. The molecule has 8 nitrogen and oxygen atoms in total. The van der Waals surface area contributed by atoms with E-state index in [4.69, 9.17) is 0 Å². The summed E-state index contributed by atoms with van der Waals surface area (Å²) in [5, 5.41) is 5.91. The van der Waals surface area contributed by atoms with Crippen LogP contribution >= 0.6 is 0 Å². The van der Waals surface area contributed by atoms with E-state index in [9.17, 15) is 13.2 Å². The molecule has 1 aromatic heterocycles. The fraction of sp³-hybridized carbons (Fsp3) is 0.524. The third-order valence-electron chi connectivity index (χ3n) is 5.40. The largest absolute Gasteiger partial charge is 0.337 e. The summed E-state index contributed by atoms with van der Waals surface area (Å²) in [4.78, 5) is 16.4. The minimum atomic E-state index is -3.51. The fourth-order valence-corrected chi connectivity index (χ4v) is 5.52. The van der Waals surface area contributed by atoms with Gasteiger partial charge in [0.1, 0.15) is 0 Å². The monoisotopic (exact) mass is 433 g/mol. The zero-order valence-corrected chi connectivity index (χ0v) is 18.3. The molecule has 0 radical (unpaired) electrons. The third-order valence-corrected chi connectivity index (χ3v) is 7.37. The lowest BCUT2D eigenvalue weighted by Crippen LogP contribution is -2.43. The minimum Gasteiger partial charge on any atom is -0.337 e. The molecule has 164 valence electrons. The highest BCUT2D eigenvalue weighted by molar-refractivity contribution is 7.89. The molecule has 2 N–H and O–H groups in total. The number of nitrogens with zero attached hydrogens (tertiary/aromatic N) is 3. The number of aryl methyl sites for hydroxylation is 1. The van der Waals surface area contributed by atoms with Crippen LogP contribution in [0.4, 0.5) is 5.69 Å². The summed E-state index contributed by atoms with van der Waals surface area (Å²) in [5.74, 6) is -0.157. The van der Waals surface area contributed by atoms with Crippen molar-refractivity contribution in [2.75, 3.05) is 25.0 Å². The van der Waals surface area contributed by atoms with Gasteiger partial charge < -0.3 is 15.2 Å². The number of aromatic nitrogens is 2. The van der Waals surface area contributed by atoms with Gasteiger partial charge in [-0.3, -0.25) is 4.79 Å². The molecule has 1 amide bonds. The number of imidazole rings is 1. The van der Waals surface area contributed by atoms with Crippen LogP contribution in [0, 0.1) is 0 Å². The number of anilines is 1. The van der Waals surface area contributed by atoms with Crippen LogP contribution in [0.2, 0.25) is 0 Å². The molecule has 1 saturated heterocycles. The van der Waals surface area contributed by atoms with E-state index < -0.39 is 10.0 Å². The molecule has 1 fully saturated rings. The zero-order valence-electron chi connectivity index (χ0n) is 17.5. The second-order valence-corrected chi connectivity index (χ2v) is 9.47. The van der Waals surface area contributed by atoms with Crippen LogP contribution in [-0.2, 0) is 21.4 Å². The molecule has 2 aromatic rings. The minimum absolute atomic E-state index is 0.0722. The van der Waals surface area contributed by atoms with Crippen LogP contribution in [0.3, 0.4) is 0 Å². The maximum atomic E-state index is 13.0. The van der Waals surface area contributed by atoms with E-state index >= 15 is 0 Å². The summed E-state index contributed by atoms with van der Waals surface area (Å²) in [6.45, 7) is 4.38. The summed E-state index contributed by atoms with van der Waals surface area (Å²) in [6.07, 6.45) is 10.0. The Morgan fingerprint density at radius 1 is 1.23 bits per heavy atom. The Labute approximate surface area is 178 Å². The van der Waals surface area contributed by atoms with Gasteiger partial charge in [0.25, 0.3) is 0 Å². The maximum absolute atomic E-state index is 13.0. The topological polar surface area (TPSA) is 96.3 Å². The van der Waals surface area contributed by atoms with Crippen LogP contribution in [-0.4, -0.2) is 53.9 Å². The molecule has 0 saturated carbocycles. The first kappa shape index (κ1) is 22.5. The van der Waals surface area contributed by atoms with Crippen molar-refractivity contribution in [1.29, 1.82) is 0 Å². The number of carbonyl (C=O) groups is 1. The molecular formula is C21H31N5O3S. The van der Waals surface area contributed by atoms with Crippen molar-refractivity contribution in [2.24, 2.45) is 0 Å². The van der Waals surface area contributed by atoms with Crippen molar-refractivity contribution < 1.29 is 13.2 Å². The molecule has 1 aromatic carbocycles. The highest BCUT2D eigenvalue weighted by Crippen LogP contribution is 2.27. The Morgan fingerprint density at radius 2 is 2.03 bits per heavy atom. The van der Waals surface area contributed by atoms with Crippen LogP contribution < -0.4 is 10.6 Å². The molecular weight excluding hydrogens is 402 g/mol. The summed E-state index contributed by atoms with van der Waals surface area (Å²) >= 11 is 0. The lowest BCUT2D eigenvalue weighted by atomic mass is 10.0. The Hall–Kier alpha value is -2.23. The Bertz CT molecular complexity index is 897. The number of rotatable bonds is 10. The van der Waals surface area contributed by atoms with Crippen molar-refractivity contribution in [3.63, 3.8) is 0 Å². The number of sulfonamides is 1. The van der Waals surface area contributed by atoms with Crippen LogP contribution in [0.25, 0.3) is 0 Å².